The molecule has 106 valence electrons. The molecule has 1 saturated heterocycles. The van der Waals surface area contributed by atoms with Gasteiger partial charge in [0.05, 0.1) is 0 Å². The van der Waals surface area contributed by atoms with E-state index >= 15 is 0 Å². The van der Waals surface area contributed by atoms with E-state index in [9.17, 15) is 0 Å². The van der Waals surface area contributed by atoms with Gasteiger partial charge >= 0.3 is 0 Å². The van der Waals surface area contributed by atoms with Crippen LogP contribution in [-0.4, -0.2) is 56.1 Å². The summed E-state index contributed by atoms with van der Waals surface area (Å²) >= 11 is 6.27. The molecule has 2 rings (SSSR count). The molecule has 1 unspecified atom stereocenters. The Morgan fingerprint density at radius 2 is 2.00 bits per heavy atom. The predicted molar refractivity (Wildman–Crippen MR) is 81.8 cm³/mol. The van der Waals surface area contributed by atoms with Gasteiger partial charge in [-0.3, -0.25) is 9.80 Å². The maximum Gasteiger partial charge on any atom is 0.0453 e. The number of piperazine rings is 1. The lowest BCUT2D eigenvalue weighted by atomic mass is 10.1. The Kier molecular flexibility index (Phi) is 5.64. The summed E-state index contributed by atoms with van der Waals surface area (Å²) in [5, 5.41) is 4.25. The largest absolute Gasteiger partial charge is 0.314 e. The van der Waals surface area contributed by atoms with Crippen LogP contribution < -0.4 is 5.32 Å². The zero-order chi connectivity index (χ0) is 13.7. The molecular weight excluding hydrogens is 258 g/mol. The van der Waals surface area contributed by atoms with Gasteiger partial charge in [-0.1, -0.05) is 29.8 Å². The highest BCUT2D eigenvalue weighted by atomic mass is 35.5. The van der Waals surface area contributed by atoms with Crippen LogP contribution in [0.1, 0.15) is 18.5 Å². The van der Waals surface area contributed by atoms with Gasteiger partial charge in [-0.25, -0.2) is 0 Å². The quantitative estimate of drug-likeness (QED) is 0.893. The molecule has 1 aliphatic rings. The first kappa shape index (κ1) is 14.8. The highest BCUT2D eigenvalue weighted by Gasteiger charge is 2.16. The molecule has 0 aromatic heterocycles. The Hall–Kier alpha value is -0.610. The van der Waals surface area contributed by atoms with E-state index in [1.54, 1.807) is 0 Å². The summed E-state index contributed by atoms with van der Waals surface area (Å²) < 4.78 is 0. The first-order chi connectivity index (χ1) is 9.18. The first-order valence-electron chi connectivity index (χ1n) is 7.06. The van der Waals surface area contributed by atoms with Crippen LogP contribution in [0.2, 0.25) is 5.02 Å². The molecule has 1 N–H and O–H groups in total. The molecule has 0 radical (unpaired) electrons. The summed E-state index contributed by atoms with van der Waals surface area (Å²) in [4.78, 5) is 4.90. The second-order valence-electron chi connectivity index (χ2n) is 5.27. The van der Waals surface area contributed by atoms with Gasteiger partial charge in [0.2, 0.25) is 0 Å². The SMILES string of the molecule is CC(c1ccccc1Cl)N(C)CCN1CCNCC1. The van der Waals surface area contributed by atoms with Crippen LogP contribution in [0.5, 0.6) is 0 Å². The van der Waals surface area contributed by atoms with Gasteiger partial charge in [-0.2, -0.15) is 0 Å². The van der Waals surface area contributed by atoms with E-state index in [1.807, 2.05) is 12.1 Å². The van der Waals surface area contributed by atoms with Crippen molar-refractivity contribution in [2.45, 2.75) is 13.0 Å². The van der Waals surface area contributed by atoms with Crippen molar-refractivity contribution in [2.75, 3.05) is 46.3 Å². The van der Waals surface area contributed by atoms with E-state index in [-0.39, 0.29) is 0 Å². The molecule has 1 heterocycles. The molecule has 3 nitrogen and oxygen atoms in total. The summed E-state index contributed by atoms with van der Waals surface area (Å²) in [5.74, 6) is 0. The summed E-state index contributed by atoms with van der Waals surface area (Å²) in [7, 11) is 2.18. The van der Waals surface area contributed by atoms with Gasteiger partial charge in [-0.15, -0.1) is 0 Å². The average Bonchev–Trinajstić information content (AvgIpc) is 2.45. The Labute approximate surface area is 121 Å². The zero-order valence-electron chi connectivity index (χ0n) is 11.9. The van der Waals surface area contributed by atoms with Crippen LogP contribution >= 0.6 is 11.6 Å². The smallest absolute Gasteiger partial charge is 0.0453 e. The van der Waals surface area contributed by atoms with Crippen molar-refractivity contribution in [3.05, 3.63) is 34.9 Å². The number of halogens is 1. The van der Waals surface area contributed by atoms with Crippen LogP contribution in [-0.2, 0) is 0 Å². The minimum Gasteiger partial charge on any atom is -0.314 e. The van der Waals surface area contributed by atoms with E-state index < -0.39 is 0 Å². The van der Waals surface area contributed by atoms with E-state index in [0.29, 0.717) is 6.04 Å². The zero-order valence-corrected chi connectivity index (χ0v) is 12.7. The molecule has 1 fully saturated rings. The van der Waals surface area contributed by atoms with E-state index in [1.165, 1.54) is 5.56 Å². The fourth-order valence-corrected chi connectivity index (χ4v) is 2.77. The molecule has 0 spiro atoms. The maximum atomic E-state index is 6.27. The first-order valence-corrected chi connectivity index (χ1v) is 7.44. The summed E-state index contributed by atoms with van der Waals surface area (Å²) in [6.45, 7) is 8.98. The second-order valence-corrected chi connectivity index (χ2v) is 5.68. The monoisotopic (exact) mass is 281 g/mol. The molecule has 19 heavy (non-hydrogen) atoms. The highest BCUT2D eigenvalue weighted by Crippen LogP contribution is 2.25. The van der Waals surface area contributed by atoms with Crippen molar-refractivity contribution in [1.29, 1.82) is 0 Å². The van der Waals surface area contributed by atoms with Gasteiger partial charge in [0.15, 0.2) is 0 Å². The Bertz CT molecular complexity index is 391. The molecule has 0 amide bonds. The second kappa shape index (κ2) is 7.25. The average molecular weight is 282 g/mol. The van der Waals surface area contributed by atoms with Gasteiger partial charge < -0.3 is 5.32 Å². The molecule has 1 aromatic carbocycles. The fraction of sp³-hybridized carbons (Fsp3) is 0.600. The standard InChI is InChI=1S/C15H24ClN3/c1-13(14-5-3-4-6-15(14)16)18(2)11-12-19-9-7-17-8-10-19/h3-6,13,17H,7-12H2,1-2H3. The number of rotatable bonds is 5. The molecule has 1 atom stereocenters. The lowest BCUT2D eigenvalue weighted by Gasteiger charge is -2.31. The fourth-order valence-electron chi connectivity index (χ4n) is 2.48. The number of likely N-dealkylation sites (N-methyl/N-ethyl adjacent to an activating group) is 1. The molecule has 1 aromatic rings. The topological polar surface area (TPSA) is 18.5 Å². The van der Waals surface area contributed by atoms with Crippen molar-refractivity contribution >= 4 is 11.6 Å². The summed E-state index contributed by atoms with van der Waals surface area (Å²) in [6, 6.07) is 8.49. The van der Waals surface area contributed by atoms with Gasteiger partial charge in [-0.05, 0) is 25.6 Å². The summed E-state index contributed by atoms with van der Waals surface area (Å²) in [6.07, 6.45) is 0. The molecule has 0 bridgehead atoms. The normalized spacial score (nSPS) is 18.7. The van der Waals surface area contributed by atoms with Gasteiger partial charge in [0.25, 0.3) is 0 Å². The van der Waals surface area contributed by atoms with Crippen molar-refractivity contribution in [2.24, 2.45) is 0 Å². The number of benzene rings is 1. The van der Waals surface area contributed by atoms with Crippen LogP contribution in [0.4, 0.5) is 0 Å². The molecule has 0 aliphatic carbocycles. The number of hydrogen-bond acceptors (Lipinski definition) is 3. The molecule has 1 aliphatic heterocycles. The number of nitrogens with zero attached hydrogens (tertiary/aromatic N) is 2. The van der Waals surface area contributed by atoms with E-state index in [4.69, 9.17) is 11.6 Å². The van der Waals surface area contributed by atoms with Crippen LogP contribution in [0, 0.1) is 0 Å². The van der Waals surface area contributed by atoms with Crippen molar-refractivity contribution in [3.63, 3.8) is 0 Å². The van der Waals surface area contributed by atoms with E-state index in [0.717, 1.165) is 44.3 Å². The highest BCUT2D eigenvalue weighted by molar-refractivity contribution is 6.31. The van der Waals surface area contributed by atoms with Crippen molar-refractivity contribution in [1.82, 2.24) is 15.1 Å². The Morgan fingerprint density at radius 3 is 2.68 bits per heavy atom. The van der Waals surface area contributed by atoms with Crippen LogP contribution in [0.3, 0.4) is 0 Å². The maximum absolute atomic E-state index is 6.27. The number of nitrogens with one attached hydrogen (secondary N) is 1. The Balaban J connectivity index is 1.85. The van der Waals surface area contributed by atoms with Gasteiger partial charge in [0, 0.05) is 50.3 Å². The van der Waals surface area contributed by atoms with Gasteiger partial charge in [0.1, 0.15) is 0 Å². The lowest BCUT2D eigenvalue weighted by molar-refractivity contribution is 0.183. The summed E-state index contributed by atoms with van der Waals surface area (Å²) in [5.41, 5.74) is 1.21. The third-order valence-corrected chi connectivity index (χ3v) is 4.34. The van der Waals surface area contributed by atoms with Crippen molar-refractivity contribution < 1.29 is 0 Å². The molecule has 0 saturated carbocycles. The number of hydrogen-bond donors (Lipinski definition) is 1. The van der Waals surface area contributed by atoms with E-state index in [2.05, 4.69) is 41.2 Å². The predicted octanol–water partition coefficient (Wildman–Crippen LogP) is 2.24. The minimum atomic E-state index is 0.358. The molecule has 4 heteroatoms. The lowest BCUT2D eigenvalue weighted by Crippen LogP contribution is -2.46. The molecular formula is C15H24ClN3. The van der Waals surface area contributed by atoms with Crippen LogP contribution in [0.25, 0.3) is 0 Å². The third kappa shape index (κ3) is 4.18. The Morgan fingerprint density at radius 1 is 1.32 bits per heavy atom. The van der Waals surface area contributed by atoms with Crippen LogP contribution in [0.15, 0.2) is 24.3 Å². The minimum absolute atomic E-state index is 0.358. The third-order valence-electron chi connectivity index (χ3n) is 4.00. The van der Waals surface area contributed by atoms with Crippen molar-refractivity contribution in [3.8, 4) is 0 Å².